The Bertz CT molecular complexity index is 413. The van der Waals surface area contributed by atoms with Crippen molar-refractivity contribution in [3.05, 3.63) is 29.3 Å². The lowest BCUT2D eigenvalue weighted by Crippen LogP contribution is -2.09. The summed E-state index contributed by atoms with van der Waals surface area (Å²) < 4.78 is 11.0. The van der Waals surface area contributed by atoms with E-state index in [0.29, 0.717) is 24.9 Å². The molecule has 0 aliphatic carbocycles. The third-order valence-electron chi connectivity index (χ3n) is 2.76. The van der Waals surface area contributed by atoms with E-state index in [0.717, 1.165) is 18.6 Å². The monoisotopic (exact) mass is 266 g/mol. The van der Waals surface area contributed by atoms with Crippen LogP contribution >= 0.6 is 0 Å². The van der Waals surface area contributed by atoms with E-state index >= 15 is 0 Å². The van der Waals surface area contributed by atoms with Crippen LogP contribution in [0.25, 0.3) is 0 Å². The van der Waals surface area contributed by atoms with E-state index in [1.807, 2.05) is 6.92 Å². The van der Waals surface area contributed by atoms with Gasteiger partial charge in [-0.15, -0.1) is 0 Å². The first-order valence-corrected chi connectivity index (χ1v) is 6.55. The van der Waals surface area contributed by atoms with E-state index in [1.165, 1.54) is 0 Å². The molecule has 0 aliphatic heterocycles. The molecule has 0 saturated heterocycles. The van der Waals surface area contributed by atoms with Crippen molar-refractivity contribution in [3.8, 4) is 5.75 Å². The fraction of sp³-hybridized carbons (Fsp3) is 0.533. The molecule has 1 aromatic rings. The lowest BCUT2D eigenvalue weighted by atomic mass is 10.1. The molecular formula is C15H22O4. The van der Waals surface area contributed by atoms with E-state index in [9.17, 15) is 4.79 Å². The van der Waals surface area contributed by atoms with Crippen molar-refractivity contribution in [2.75, 3.05) is 19.8 Å². The predicted octanol–water partition coefficient (Wildman–Crippen LogP) is 3.13. The first kappa shape index (κ1) is 15.5. The maximum atomic E-state index is 10.9. The molecule has 1 aromatic carbocycles. The molecule has 1 N–H and O–H groups in total. The van der Waals surface area contributed by atoms with Crippen LogP contribution in [0.5, 0.6) is 5.75 Å². The number of hydrogen-bond acceptors (Lipinski definition) is 3. The van der Waals surface area contributed by atoms with Crippen LogP contribution in [-0.4, -0.2) is 30.9 Å². The Kier molecular flexibility index (Phi) is 6.36. The summed E-state index contributed by atoms with van der Waals surface area (Å²) in [5, 5.41) is 8.91. The molecule has 4 nitrogen and oxygen atoms in total. The van der Waals surface area contributed by atoms with Crippen molar-refractivity contribution in [2.24, 2.45) is 5.92 Å². The molecule has 0 spiro atoms. The van der Waals surface area contributed by atoms with E-state index in [2.05, 4.69) is 13.8 Å². The molecule has 1 rings (SSSR count). The van der Waals surface area contributed by atoms with Gasteiger partial charge in [-0.1, -0.05) is 19.9 Å². The van der Waals surface area contributed by atoms with Gasteiger partial charge in [0.25, 0.3) is 0 Å². The molecule has 0 saturated carbocycles. The van der Waals surface area contributed by atoms with Gasteiger partial charge in [0.05, 0.1) is 12.2 Å². The Morgan fingerprint density at radius 3 is 2.63 bits per heavy atom. The maximum Gasteiger partial charge on any atom is 0.335 e. The Morgan fingerprint density at radius 2 is 2.00 bits per heavy atom. The number of rotatable bonds is 8. The van der Waals surface area contributed by atoms with Crippen molar-refractivity contribution in [1.82, 2.24) is 0 Å². The van der Waals surface area contributed by atoms with Crippen LogP contribution in [0.15, 0.2) is 18.2 Å². The Hall–Kier alpha value is -1.55. The van der Waals surface area contributed by atoms with Crippen molar-refractivity contribution in [3.63, 3.8) is 0 Å². The van der Waals surface area contributed by atoms with Crippen molar-refractivity contribution in [1.29, 1.82) is 0 Å². The Morgan fingerprint density at radius 1 is 1.26 bits per heavy atom. The van der Waals surface area contributed by atoms with Crippen LogP contribution in [0.3, 0.4) is 0 Å². The normalized spacial score (nSPS) is 10.7. The fourth-order valence-electron chi connectivity index (χ4n) is 1.52. The minimum absolute atomic E-state index is 0.237. The highest BCUT2D eigenvalue weighted by Crippen LogP contribution is 2.19. The number of aryl methyl sites for hydroxylation is 1. The number of ether oxygens (including phenoxy) is 2. The summed E-state index contributed by atoms with van der Waals surface area (Å²) in [6.45, 7) is 7.88. The van der Waals surface area contributed by atoms with Gasteiger partial charge in [-0.05, 0) is 37.0 Å². The summed E-state index contributed by atoms with van der Waals surface area (Å²) in [5.74, 6) is 0.292. The summed E-state index contributed by atoms with van der Waals surface area (Å²) in [6, 6.07) is 4.87. The second-order valence-corrected chi connectivity index (χ2v) is 4.93. The van der Waals surface area contributed by atoms with Gasteiger partial charge >= 0.3 is 5.97 Å². The fourth-order valence-corrected chi connectivity index (χ4v) is 1.52. The zero-order valence-electron chi connectivity index (χ0n) is 11.8. The number of benzene rings is 1. The average molecular weight is 266 g/mol. The molecule has 4 heteroatoms. The highest BCUT2D eigenvalue weighted by molar-refractivity contribution is 5.88. The van der Waals surface area contributed by atoms with Gasteiger partial charge in [-0.2, -0.15) is 0 Å². The van der Waals surface area contributed by atoms with Crippen LogP contribution in [-0.2, 0) is 4.74 Å². The molecule has 19 heavy (non-hydrogen) atoms. The van der Waals surface area contributed by atoms with Gasteiger partial charge in [0.2, 0.25) is 0 Å². The second kappa shape index (κ2) is 7.79. The number of carboxylic acid groups (broad SMARTS) is 1. The highest BCUT2D eigenvalue weighted by atomic mass is 16.5. The summed E-state index contributed by atoms with van der Waals surface area (Å²) in [5.41, 5.74) is 1.16. The van der Waals surface area contributed by atoms with Gasteiger partial charge < -0.3 is 14.6 Å². The molecule has 0 atom stereocenters. The predicted molar refractivity (Wildman–Crippen MR) is 73.9 cm³/mol. The van der Waals surface area contributed by atoms with Crippen LogP contribution in [0.4, 0.5) is 0 Å². The van der Waals surface area contributed by atoms with Gasteiger partial charge in [-0.25, -0.2) is 4.79 Å². The molecule has 0 amide bonds. The van der Waals surface area contributed by atoms with E-state index in [1.54, 1.807) is 18.2 Å². The minimum Gasteiger partial charge on any atom is -0.491 e. The quantitative estimate of drug-likeness (QED) is 0.734. The van der Waals surface area contributed by atoms with Crippen LogP contribution in [0.1, 0.15) is 36.2 Å². The maximum absolute atomic E-state index is 10.9. The van der Waals surface area contributed by atoms with E-state index in [4.69, 9.17) is 14.6 Å². The standard InChI is InChI=1S/C15H22O4/c1-11(2)6-7-18-8-9-19-14-10-13(15(16)17)5-4-12(14)3/h4-5,10-11H,6-9H2,1-3H3,(H,16,17). The molecule has 0 aliphatic rings. The zero-order valence-corrected chi connectivity index (χ0v) is 11.8. The van der Waals surface area contributed by atoms with Gasteiger partial charge in [0.1, 0.15) is 12.4 Å². The number of carbonyl (C=O) groups is 1. The highest BCUT2D eigenvalue weighted by Gasteiger charge is 2.06. The van der Waals surface area contributed by atoms with Crippen molar-refractivity contribution >= 4 is 5.97 Å². The molecule has 0 aromatic heterocycles. The first-order valence-electron chi connectivity index (χ1n) is 6.55. The average Bonchev–Trinajstić information content (AvgIpc) is 2.34. The molecule has 0 fully saturated rings. The molecule has 0 unspecified atom stereocenters. The summed E-state index contributed by atoms with van der Waals surface area (Å²) >= 11 is 0. The van der Waals surface area contributed by atoms with Crippen molar-refractivity contribution < 1.29 is 19.4 Å². The van der Waals surface area contributed by atoms with Crippen LogP contribution < -0.4 is 4.74 Å². The summed E-state index contributed by atoms with van der Waals surface area (Å²) in [6.07, 6.45) is 1.04. The molecule has 0 heterocycles. The SMILES string of the molecule is Cc1ccc(C(=O)O)cc1OCCOCCC(C)C. The first-order chi connectivity index (χ1) is 9.00. The summed E-state index contributed by atoms with van der Waals surface area (Å²) in [4.78, 5) is 10.9. The van der Waals surface area contributed by atoms with Gasteiger partial charge in [-0.3, -0.25) is 0 Å². The molecule has 106 valence electrons. The van der Waals surface area contributed by atoms with E-state index in [-0.39, 0.29) is 5.56 Å². The van der Waals surface area contributed by atoms with Gasteiger partial charge in [0.15, 0.2) is 0 Å². The third-order valence-corrected chi connectivity index (χ3v) is 2.76. The largest absolute Gasteiger partial charge is 0.491 e. The smallest absolute Gasteiger partial charge is 0.335 e. The number of carboxylic acids is 1. The Balaban J connectivity index is 2.36. The molecular weight excluding hydrogens is 244 g/mol. The lowest BCUT2D eigenvalue weighted by Gasteiger charge is -2.11. The number of aromatic carboxylic acids is 1. The zero-order chi connectivity index (χ0) is 14.3. The molecule has 0 bridgehead atoms. The number of hydrogen-bond donors (Lipinski definition) is 1. The minimum atomic E-state index is -0.946. The van der Waals surface area contributed by atoms with Crippen molar-refractivity contribution in [2.45, 2.75) is 27.2 Å². The Labute approximate surface area is 114 Å². The van der Waals surface area contributed by atoms with Crippen LogP contribution in [0, 0.1) is 12.8 Å². The summed E-state index contributed by atoms with van der Waals surface area (Å²) in [7, 11) is 0. The topological polar surface area (TPSA) is 55.8 Å². The lowest BCUT2D eigenvalue weighted by molar-refractivity contribution is 0.0696. The van der Waals surface area contributed by atoms with Crippen LogP contribution in [0.2, 0.25) is 0 Å². The third kappa shape index (κ3) is 5.75. The van der Waals surface area contributed by atoms with E-state index < -0.39 is 5.97 Å². The second-order valence-electron chi connectivity index (χ2n) is 4.93. The molecule has 0 radical (unpaired) electrons. The van der Waals surface area contributed by atoms with Gasteiger partial charge in [0, 0.05) is 6.61 Å².